The molecule has 0 radical (unpaired) electrons. The smallest absolute Gasteiger partial charge is 0.251 e. The Balaban J connectivity index is 1.56. The minimum absolute atomic E-state index is 0.100. The highest BCUT2D eigenvalue weighted by Crippen LogP contribution is 2.16. The molecule has 2 aromatic carbocycles. The number of likely N-dealkylation sites (tertiary alicyclic amines) is 1. The summed E-state index contributed by atoms with van der Waals surface area (Å²) in [7, 11) is 0. The van der Waals surface area contributed by atoms with Crippen molar-refractivity contribution in [2.24, 2.45) is 0 Å². The molecule has 1 atom stereocenters. The average molecular weight is 305 g/mol. The molecule has 5 nitrogen and oxygen atoms in total. The number of carbonyl (C=O) groups excluding carboxylic acids is 2. The molecule has 1 aliphatic rings. The molecule has 5 heteroatoms. The van der Waals surface area contributed by atoms with Crippen LogP contribution in [0.15, 0.2) is 54.6 Å². The molecule has 1 saturated heterocycles. The second-order valence-electron chi connectivity index (χ2n) is 5.42. The summed E-state index contributed by atoms with van der Waals surface area (Å²) in [4.78, 5) is 25.8. The largest absolute Gasteiger partial charge is 0.339 e. The first-order chi connectivity index (χ1) is 11.2. The number of benzene rings is 2. The van der Waals surface area contributed by atoms with Gasteiger partial charge in [0, 0.05) is 12.1 Å². The zero-order chi connectivity index (χ0) is 16.2. The van der Waals surface area contributed by atoms with Gasteiger partial charge in [-0.3, -0.25) is 9.59 Å². The van der Waals surface area contributed by atoms with Crippen molar-refractivity contribution in [1.29, 1.82) is 5.26 Å². The van der Waals surface area contributed by atoms with E-state index in [4.69, 9.17) is 5.26 Å². The Kier molecular flexibility index (Phi) is 4.07. The van der Waals surface area contributed by atoms with E-state index in [1.54, 1.807) is 47.4 Å². The summed E-state index contributed by atoms with van der Waals surface area (Å²) >= 11 is 0. The minimum Gasteiger partial charge on any atom is -0.339 e. The van der Waals surface area contributed by atoms with E-state index >= 15 is 0 Å². The summed E-state index contributed by atoms with van der Waals surface area (Å²) < 4.78 is 0. The fourth-order valence-electron chi connectivity index (χ4n) is 2.54. The number of hydrogen-bond acceptors (Lipinski definition) is 3. The van der Waals surface area contributed by atoms with Crippen LogP contribution in [0.5, 0.6) is 0 Å². The van der Waals surface area contributed by atoms with Crippen molar-refractivity contribution in [3.63, 3.8) is 0 Å². The zero-order valence-electron chi connectivity index (χ0n) is 12.4. The first-order valence-electron chi connectivity index (χ1n) is 7.31. The molecule has 0 spiro atoms. The number of nitrogens with one attached hydrogen (secondary N) is 1. The molecular weight excluding hydrogens is 290 g/mol. The maximum absolute atomic E-state index is 12.1. The molecule has 114 valence electrons. The fourth-order valence-corrected chi connectivity index (χ4v) is 2.54. The minimum atomic E-state index is -0.471. The quantitative estimate of drug-likeness (QED) is 0.874. The lowest BCUT2D eigenvalue weighted by molar-refractivity contribution is -0.144. The van der Waals surface area contributed by atoms with E-state index in [0.29, 0.717) is 24.2 Å². The van der Waals surface area contributed by atoms with Gasteiger partial charge in [0.2, 0.25) is 5.91 Å². The summed E-state index contributed by atoms with van der Waals surface area (Å²) in [5.74, 6) is -0.341. The van der Waals surface area contributed by atoms with E-state index in [0.717, 1.165) is 5.56 Å². The highest BCUT2D eigenvalue weighted by Gasteiger charge is 2.37. The summed E-state index contributed by atoms with van der Waals surface area (Å²) in [6.07, 6.45) is 0. The molecular formula is C18H15N3O2. The van der Waals surface area contributed by atoms with Gasteiger partial charge < -0.3 is 10.2 Å². The number of nitrogens with zero attached hydrogens (tertiary/aromatic N) is 2. The van der Waals surface area contributed by atoms with Crippen molar-refractivity contribution in [3.05, 3.63) is 71.3 Å². The number of carbonyl (C=O) groups is 2. The van der Waals surface area contributed by atoms with Crippen LogP contribution >= 0.6 is 0 Å². The van der Waals surface area contributed by atoms with Crippen LogP contribution < -0.4 is 5.32 Å². The lowest BCUT2D eigenvalue weighted by Gasteiger charge is -2.38. The van der Waals surface area contributed by atoms with Crippen LogP contribution in [0, 0.1) is 11.3 Å². The highest BCUT2D eigenvalue weighted by atomic mass is 16.2. The number of amides is 2. The Morgan fingerprint density at radius 1 is 1.22 bits per heavy atom. The Bertz CT molecular complexity index is 780. The molecule has 0 unspecified atom stereocenters. The molecule has 0 aliphatic carbocycles. The molecule has 2 amide bonds. The number of rotatable bonds is 4. The molecule has 1 aliphatic heterocycles. The van der Waals surface area contributed by atoms with Crippen molar-refractivity contribution < 1.29 is 9.59 Å². The summed E-state index contributed by atoms with van der Waals surface area (Å²) in [5.41, 5.74) is 2.02. The van der Waals surface area contributed by atoms with E-state index in [1.165, 1.54) is 0 Å². The predicted octanol–water partition coefficient (Wildman–Crippen LogP) is 1.70. The first kappa shape index (κ1) is 14.8. The van der Waals surface area contributed by atoms with Crippen LogP contribution in [0.2, 0.25) is 0 Å². The third-order valence-electron chi connectivity index (χ3n) is 3.78. The third-order valence-corrected chi connectivity index (χ3v) is 3.78. The van der Waals surface area contributed by atoms with E-state index in [2.05, 4.69) is 11.4 Å². The van der Waals surface area contributed by atoms with Gasteiger partial charge in [0.05, 0.1) is 18.2 Å². The van der Waals surface area contributed by atoms with Gasteiger partial charge in [-0.1, -0.05) is 30.3 Å². The Morgan fingerprint density at radius 2 is 2.00 bits per heavy atom. The summed E-state index contributed by atoms with van der Waals surface area (Å²) in [5, 5.41) is 11.6. The molecule has 23 heavy (non-hydrogen) atoms. The van der Waals surface area contributed by atoms with Crippen LogP contribution in [0.3, 0.4) is 0 Å². The molecule has 2 aromatic rings. The summed E-state index contributed by atoms with van der Waals surface area (Å²) in [6, 6.07) is 17.6. The Hall–Kier alpha value is -3.13. The maximum Gasteiger partial charge on any atom is 0.251 e. The fraction of sp³-hybridized carbons (Fsp3) is 0.167. The highest BCUT2D eigenvalue weighted by molar-refractivity contribution is 5.99. The maximum atomic E-state index is 12.1. The topological polar surface area (TPSA) is 73.2 Å². The van der Waals surface area contributed by atoms with Gasteiger partial charge in [0.25, 0.3) is 5.91 Å². The van der Waals surface area contributed by atoms with Crippen molar-refractivity contribution in [2.45, 2.75) is 12.6 Å². The van der Waals surface area contributed by atoms with Gasteiger partial charge in [0.15, 0.2) is 0 Å². The molecule has 0 saturated carbocycles. The Morgan fingerprint density at radius 3 is 2.70 bits per heavy atom. The number of nitriles is 1. The lowest BCUT2D eigenvalue weighted by Crippen LogP contribution is -2.63. The van der Waals surface area contributed by atoms with Gasteiger partial charge in [-0.05, 0) is 29.8 Å². The monoisotopic (exact) mass is 305 g/mol. The van der Waals surface area contributed by atoms with Crippen molar-refractivity contribution >= 4 is 11.8 Å². The van der Waals surface area contributed by atoms with Crippen LogP contribution in [0.25, 0.3) is 0 Å². The van der Waals surface area contributed by atoms with Crippen LogP contribution in [0.1, 0.15) is 21.5 Å². The third kappa shape index (κ3) is 3.22. The van der Waals surface area contributed by atoms with Crippen LogP contribution in [0.4, 0.5) is 0 Å². The van der Waals surface area contributed by atoms with Gasteiger partial charge >= 0.3 is 0 Å². The second kappa shape index (κ2) is 6.32. The predicted molar refractivity (Wildman–Crippen MR) is 84.3 cm³/mol. The lowest BCUT2D eigenvalue weighted by atomic mass is 10.0. The van der Waals surface area contributed by atoms with Crippen molar-refractivity contribution in [1.82, 2.24) is 10.2 Å². The van der Waals surface area contributed by atoms with Crippen LogP contribution in [-0.4, -0.2) is 29.3 Å². The molecule has 0 aromatic heterocycles. The number of hydrogen-bond donors (Lipinski definition) is 1. The van der Waals surface area contributed by atoms with E-state index < -0.39 is 6.04 Å². The van der Waals surface area contributed by atoms with Gasteiger partial charge in [0.1, 0.15) is 6.04 Å². The summed E-state index contributed by atoms with van der Waals surface area (Å²) in [6.45, 7) is 0.931. The van der Waals surface area contributed by atoms with E-state index in [9.17, 15) is 9.59 Å². The second-order valence-corrected chi connectivity index (χ2v) is 5.42. The molecule has 1 fully saturated rings. The normalized spacial score (nSPS) is 16.4. The molecule has 1 heterocycles. The van der Waals surface area contributed by atoms with Gasteiger partial charge in [-0.25, -0.2) is 0 Å². The van der Waals surface area contributed by atoms with E-state index in [1.807, 2.05) is 12.1 Å². The van der Waals surface area contributed by atoms with Crippen molar-refractivity contribution in [3.8, 4) is 6.07 Å². The van der Waals surface area contributed by atoms with Gasteiger partial charge in [-0.2, -0.15) is 5.26 Å². The SMILES string of the molecule is N#Cc1cccc(CN2C[C@H](NC(=O)c3ccccc3)C2=O)c1. The molecule has 0 bridgehead atoms. The standard InChI is InChI=1S/C18H15N3O2/c19-10-13-5-4-6-14(9-13)11-21-12-16(18(21)23)20-17(22)15-7-2-1-3-8-15/h1-9,16H,11-12H2,(H,20,22)/t16-/m0/s1. The van der Waals surface area contributed by atoms with E-state index in [-0.39, 0.29) is 11.8 Å². The first-order valence-corrected chi connectivity index (χ1v) is 7.31. The van der Waals surface area contributed by atoms with Gasteiger partial charge in [-0.15, -0.1) is 0 Å². The Labute approximate surface area is 134 Å². The van der Waals surface area contributed by atoms with Crippen molar-refractivity contribution in [2.75, 3.05) is 6.54 Å². The van der Waals surface area contributed by atoms with Crippen LogP contribution in [-0.2, 0) is 11.3 Å². The zero-order valence-corrected chi connectivity index (χ0v) is 12.4. The average Bonchev–Trinajstić information content (AvgIpc) is 2.61. The molecule has 1 N–H and O–H groups in total. The molecule has 3 rings (SSSR count). The number of β-lactam (4-membered cyclic amide) rings is 1.